The normalized spacial score (nSPS) is 13.4. The van der Waals surface area contributed by atoms with Crippen molar-refractivity contribution in [1.29, 1.82) is 0 Å². The van der Waals surface area contributed by atoms with E-state index in [1.54, 1.807) is 0 Å². The highest BCUT2D eigenvalue weighted by Crippen LogP contribution is 2.09. The number of nitrogens with zero attached hydrogens (tertiary/aromatic N) is 1. The van der Waals surface area contributed by atoms with Crippen LogP contribution in [0.3, 0.4) is 0 Å². The summed E-state index contributed by atoms with van der Waals surface area (Å²) in [7, 11) is 0. The minimum absolute atomic E-state index is 0.696. The van der Waals surface area contributed by atoms with Gasteiger partial charge in [-0.25, -0.2) is 0 Å². The van der Waals surface area contributed by atoms with Crippen LogP contribution >= 0.6 is 27.5 Å². The van der Waals surface area contributed by atoms with Crippen molar-refractivity contribution < 1.29 is 0 Å². The summed E-state index contributed by atoms with van der Waals surface area (Å²) >= 11 is 4.96. The second kappa shape index (κ2) is 4.09. The Morgan fingerprint density at radius 3 is 3.10 bits per heavy atom. The minimum atomic E-state index is 0.696. The van der Waals surface area contributed by atoms with Crippen LogP contribution in [0.4, 0.5) is 0 Å². The third-order valence-electron chi connectivity index (χ3n) is 1.31. The van der Waals surface area contributed by atoms with Gasteiger partial charge in [0, 0.05) is 10.7 Å². The zero-order chi connectivity index (χ0) is 7.40. The molecule has 1 aromatic heterocycles. The van der Waals surface area contributed by atoms with E-state index in [4.69, 9.17) is 0 Å². The van der Waals surface area contributed by atoms with Crippen molar-refractivity contribution in [2.75, 3.05) is 5.33 Å². The fourth-order valence-corrected chi connectivity index (χ4v) is 1.53. The van der Waals surface area contributed by atoms with Crippen molar-refractivity contribution in [3.63, 3.8) is 0 Å². The molecule has 0 saturated heterocycles. The van der Waals surface area contributed by atoms with E-state index in [9.17, 15) is 0 Å². The Balaban J connectivity index is 2.40. The van der Waals surface area contributed by atoms with E-state index in [-0.39, 0.29) is 0 Å². The maximum atomic E-state index is 4.22. The van der Waals surface area contributed by atoms with Gasteiger partial charge in [0.2, 0.25) is 0 Å². The van der Waals surface area contributed by atoms with Crippen molar-refractivity contribution in [3.05, 3.63) is 17.1 Å². The number of halogens is 1. The smallest absolute Gasteiger partial charge is 0.0545 e. The minimum Gasteiger partial charge on any atom is -0.198 e. The van der Waals surface area contributed by atoms with Crippen LogP contribution in [0.15, 0.2) is 11.4 Å². The van der Waals surface area contributed by atoms with Crippen LogP contribution in [0.1, 0.15) is 12.6 Å². The van der Waals surface area contributed by atoms with E-state index in [1.165, 1.54) is 17.2 Å². The van der Waals surface area contributed by atoms with E-state index in [1.807, 2.05) is 5.38 Å². The molecule has 1 rings (SSSR count). The quantitative estimate of drug-likeness (QED) is 0.713. The molecule has 1 unspecified atom stereocenters. The first-order chi connectivity index (χ1) is 4.83. The van der Waals surface area contributed by atoms with E-state index < -0.39 is 0 Å². The summed E-state index contributed by atoms with van der Waals surface area (Å²) in [5.74, 6) is 0.696. The van der Waals surface area contributed by atoms with E-state index >= 15 is 0 Å². The zero-order valence-electron chi connectivity index (χ0n) is 5.88. The maximum Gasteiger partial charge on any atom is 0.0545 e. The Labute approximate surface area is 73.8 Å². The Morgan fingerprint density at radius 2 is 2.60 bits per heavy atom. The van der Waals surface area contributed by atoms with Crippen molar-refractivity contribution in [3.8, 4) is 0 Å². The second-order valence-electron chi connectivity index (χ2n) is 2.45. The maximum absolute atomic E-state index is 4.22. The van der Waals surface area contributed by atoms with Crippen molar-refractivity contribution in [2.45, 2.75) is 13.3 Å². The van der Waals surface area contributed by atoms with Gasteiger partial charge in [0.15, 0.2) is 0 Å². The molecule has 0 bridgehead atoms. The molecule has 0 N–H and O–H groups in total. The van der Waals surface area contributed by atoms with Crippen LogP contribution < -0.4 is 0 Å². The molecule has 0 aliphatic heterocycles. The van der Waals surface area contributed by atoms with Crippen LogP contribution in [0, 0.1) is 5.92 Å². The van der Waals surface area contributed by atoms with Gasteiger partial charge >= 0.3 is 0 Å². The number of rotatable bonds is 3. The van der Waals surface area contributed by atoms with Crippen molar-refractivity contribution in [2.24, 2.45) is 5.92 Å². The standard InChI is InChI=1S/C7H10BrNS/c1-6(5-8)4-7-2-3-10-9-7/h2-3,6H,4-5H2,1H3. The summed E-state index contributed by atoms with van der Waals surface area (Å²) in [6.07, 6.45) is 1.09. The molecule has 1 heterocycles. The Bertz CT molecular complexity index is 174. The van der Waals surface area contributed by atoms with Gasteiger partial charge in [-0.1, -0.05) is 22.9 Å². The third-order valence-corrected chi connectivity index (χ3v) is 3.02. The molecule has 1 nitrogen and oxygen atoms in total. The molecule has 0 aliphatic carbocycles. The molecule has 3 heteroatoms. The molecule has 0 aliphatic rings. The third kappa shape index (κ3) is 2.39. The lowest BCUT2D eigenvalue weighted by molar-refractivity contribution is 0.655. The fourth-order valence-electron chi connectivity index (χ4n) is 0.754. The highest BCUT2D eigenvalue weighted by molar-refractivity contribution is 9.09. The Hall–Kier alpha value is 0.110. The number of alkyl halides is 1. The monoisotopic (exact) mass is 219 g/mol. The molecule has 10 heavy (non-hydrogen) atoms. The average molecular weight is 220 g/mol. The highest BCUT2D eigenvalue weighted by atomic mass is 79.9. The second-order valence-corrected chi connectivity index (χ2v) is 3.77. The van der Waals surface area contributed by atoms with Crippen LogP contribution in [0.2, 0.25) is 0 Å². The van der Waals surface area contributed by atoms with Crippen LogP contribution in [0.5, 0.6) is 0 Å². The summed E-state index contributed by atoms with van der Waals surface area (Å²) < 4.78 is 4.22. The Kier molecular flexibility index (Phi) is 3.35. The molecule has 0 saturated carbocycles. The summed E-state index contributed by atoms with van der Waals surface area (Å²) in [4.78, 5) is 0. The highest BCUT2D eigenvalue weighted by Gasteiger charge is 2.01. The summed E-state index contributed by atoms with van der Waals surface area (Å²) in [6, 6.07) is 2.09. The van der Waals surface area contributed by atoms with Gasteiger partial charge in [0.05, 0.1) is 5.69 Å². The van der Waals surface area contributed by atoms with Crippen molar-refractivity contribution in [1.82, 2.24) is 4.37 Å². The molecule has 0 radical (unpaired) electrons. The largest absolute Gasteiger partial charge is 0.198 e. The average Bonchev–Trinajstić information content (AvgIpc) is 2.40. The van der Waals surface area contributed by atoms with E-state index in [2.05, 4.69) is 33.3 Å². The topological polar surface area (TPSA) is 12.9 Å². The lowest BCUT2D eigenvalue weighted by atomic mass is 10.1. The van der Waals surface area contributed by atoms with Gasteiger partial charge in [0.1, 0.15) is 0 Å². The van der Waals surface area contributed by atoms with Gasteiger partial charge in [-0.3, -0.25) is 0 Å². The molecular formula is C7H10BrNS. The summed E-state index contributed by atoms with van der Waals surface area (Å²) in [6.45, 7) is 2.22. The zero-order valence-corrected chi connectivity index (χ0v) is 8.28. The SMILES string of the molecule is CC(CBr)Cc1ccsn1. The Morgan fingerprint density at radius 1 is 1.80 bits per heavy atom. The van der Waals surface area contributed by atoms with Gasteiger partial charge in [-0.2, -0.15) is 4.37 Å². The summed E-state index contributed by atoms with van der Waals surface area (Å²) in [5, 5.41) is 3.08. The molecule has 1 atom stereocenters. The predicted octanol–water partition coefficient (Wildman–Crippen LogP) is 2.72. The number of hydrogen-bond donors (Lipinski definition) is 0. The molecular weight excluding hydrogens is 210 g/mol. The number of aromatic nitrogens is 1. The van der Waals surface area contributed by atoms with Crippen LogP contribution in [-0.2, 0) is 6.42 Å². The molecule has 0 fully saturated rings. The van der Waals surface area contributed by atoms with Crippen molar-refractivity contribution >= 4 is 27.5 Å². The molecule has 0 aromatic carbocycles. The molecule has 0 spiro atoms. The first-order valence-corrected chi connectivity index (χ1v) is 5.24. The first-order valence-electron chi connectivity index (χ1n) is 3.28. The van der Waals surface area contributed by atoms with E-state index in [0.717, 1.165) is 11.8 Å². The molecule has 1 aromatic rings. The lowest BCUT2D eigenvalue weighted by Gasteiger charge is -2.02. The fraction of sp³-hybridized carbons (Fsp3) is 0.571. The first kappa shape index (κ1) is 8.21. The van der Waals surface area contributed by atoms with Crippen LogP contribution in [0.25, 0.3) is 0 Å². The van der Waals surface area contributed by atoms with Gasteiger partial charge in [-0.05, 0) is 29.9 Å². The molecule has 56 valence electrons. The van der Waals surface area contributed by atoms with Gasteiger partial charge < -0.3 is 0 Å². The predicted molar refractivity (Wildman–Crippen MR) is 48.8 cm³/mol. The van der Waals surface area contributed by atoms with Gasteiger partial charge in [-0.15, -0.1) is 0 Å². The molecule has 0 amide bonds. The summed E-state index contributed by atoms with van der Waals surface area (Å²) in [5.41, 5.74) is 1.22. The number of hydrogen-bond acceptors (Lipinski definition) is 2. The lowest BCUT2D eigenvalue weighted by Crippen LogP contribution is -2.00. The van der Waals surface area contributed by atoms with E-state index in [0.29, 0.717) is 5.92 Å². The van der Waals surface area contributed by atoms with Crippen LogP contribution in [-0.4, -0.2) is 9.70 Å². The van der Waals surface area contributed by atoms with Gasteiger partial charge in [0.25, 0.3) is 0 Å².